The number of aromatic nitrogens is 4. The minimum atomic E-state index is -2.90. The van der Waals surface area contributed by atoms with E-state index in [1.165, 1.54) is 11.8 Å². The van der Waals surface area contributed by atoms with E-state index in [9.17, 15) is 13.2 Å². The van der Waals surface area contributed by atoms with Crippen molar-refractivity contribution < 1.29 is 13.2 Å². The van der Waals surface area contributed by atoms with E-state index in [1.807, 2.05) is 34.7 Å². The van der Waals surface area contributed by atoms with Gasteiger partial charge >= 0.3 is 0 Å². The molecule has 0 aromatic carbocycles. The SMILES string of the molecule is Cn1c(C[C@H]2CCS(=O)(=O)C2)nnc1SCC(=O)N1CCN(c2ccccn2)CC1. The van der Waals surface area contributed by atoms with Crippen molar-refractivity contribution in [2.24, 2.45) is 13.0 Å². The zero-order chi connectivity index (χ0) is 21.1. The van der Waals surface area contributed by atoms with E-state index in [1.54, 1.807) is 6.20 Å². The molecule has 4 heterocycles. The lowest BCUT2D eigenvalue weighted by Crippen LogP contribution is -2.49. The van der Waals surface area contributed by atoms with Gasteiger partial charge in [-0.25, -0.2) is 13.4 Å². The third-order valence-corrected chi connectivity index (χ3v) is 8.50. The van der Waals surface area contributed by atoms with Crippen molar-refractivity contribution in [3.05, 3.63) is 30.2 Å². The van der Waals surface area contributed by atoms with Crippen LogP contribution in [0.3, 0.4) is 0 Å². The first kappa shape index (κ1) is 21.1. The van der Waals surface area contributed by atoms with Gasteiger partial charge in [0.15, 0.2) is 15.0 Å². The summed E-state index contributed by atoms with van der Waals surface area (Å²) in [5.74, 6) is 2.72. The van der Waals surface area contributed by atoms with E-state index in [0.717, 1.165) is 24.7 Å². The van der Waals surface area contributed by atoms with Gasteiger partial charge in [0, 0.05) is 45.8 Å². The zero-order valence-corrected chi connectivity index (χ0v) is 18.6. The second kappa shape index (κ2) is 8.93. The molecule has 1 atom stereocenters. The molecular formula is C19H26N6O3S2. The van der Waals surface area contributed by atoms with Gasteiger partial charge in [0.25, 0.3) is 0 Å². The summed E-state index contributed by atoms with van der Waals surface area (Å²) in [4.78, 5) is 21.1. The van der Waals surface area contributed by atoms with Crippen molar-refractivity contribution >= 4 is 33.3 Å². The maximum absolute atomic E-state index is 12.6. The van der Waals surface area contributed by atoms with E-state index in [0.29, 0.717) is 36.8 Å². The van der Waals surface area contributed by atoms with E-state index >= 15 is 0 Å². The Hall–Kier alpha value is -2.14. The number of pyridine rings is 1. The molecule has 0 spiro atoms. The van der Waals surface area contributed by atoms with Crippen LogP contribution in [0.4, 0.5) is 5.82 Å². The largest absolute Gasteiger partial charge is 0.353 e. The number of anilines is 1. The molecule has 0 unspecified atom stereocenters. The first-order valence-electron chi connectivity index (χ1n) is 10.1. The fourth-order valence-electron chi connectivity index (χ4n) is 3.88. The van der Waals surface area contributed by atoms with Gasteiger partial charge in [-0.2, -0.15) is 0 Å². The summed E-state index contributed by atoms with van der Waals surface area (Å²) in [5, 5.41) is 9.11. The van der Waals surface area contributed by atoms with Crippen LogP contribution in [0.5, 0.6) is 0 Å². The molecule has 0 bridgehead atoms. The molecule has 0 N–H and O–H groups in total. The van der Waals surface area contributed by atoms with Crippen molar-refractivity contribution in [3.63, 3.8) is 0 Å². The van der Waals surface area contributed by atoms with Crippen LogP contribution in [0.15, 0.2) is 29.6 Å². The average Bonchev–Trinajstić information content (AvgIpc) is 3.28. The number of amides is 1. The van der Waals surface area contributed by atoms with Gasteiger partial charge in [-0.3, -0.25) is 4.79 Å². The molecule has 11 heteroatoms. The fourth-order valence-corrected chi connectivity index (χ4v) is 6.58. The van der Waals surface area contributed by atoms with Gasteiger partial charge in [-0.1, -0.05) is 17.8 Å². The number of rotatable bonds is 6. The van der Waals surface area contributed by atoms with E-state index in [4.69, 9.17) is 0 Å². The molecule has 2 aromatic rings. The highest BCUT2D eigenvalue weighted by molar-refractivity contribution is 7.99. The summed E-state index contributed by atoms with van der Waals surface area (Å²) in [6, 6.07) is 5.85. The topological polar surface area (TPSA) is 101 Å². The number of piperazine rings is 1. The molecule has 9 nitrogen and oxygen atoms in total. The van der Waals surface area contributed by atoms with Gasteiger partial charge in [0.05, 0.1) is 17.3 Å². The summed E-state index contributed by atoms with van der Waals surface area (Å²) < 4.78 is 25.2. The van der Waals surface area contributed by atoms with Gasteiger partial charge < -0.3 is 14.4 Å². The van der Waals surface area contributed by atoms with E-state index in [2.05, 4.69) is 20.1 Å². The first-order chi connectivity index (χ1) is 14.4. The summed E-state index contributed by atoms with van der Waals surface area (Å²) in [6.45, 7) is 2.89. The lowest BCUT2D eigenvalue weighted by Gasteiger charge is -2.35. The molecule has 30 heavy (non-hydrogen) atoms. The molecule has 162 valence electrons. The Bertz CT molecular complexity index is 987. The van der Waals surface area contributed by atoms with Crippen LogP contribution in [-0.4, -0.2) is 82.4 Å². The number of carbonyl (C=O) groups excluding carboxylic acids is 1. The predicted molar refractivity (Wildman–Crippen MR) is 115 cm³/mol. The standard InChI is InChI=1S/C19H26N6O3S2/c1-23-17(12-15-5-11-30(27,28)14-15)21-22-19(23)29-13-18(26)25-9-7-24(8-10-25)16-4-2-3-6-20-16/h2-4,6,15H,5,7-14H2,1H3/t15-/m1/s1. The van der Waals surface area contributed by atoms with Crippen molar-refractivity contribution in [1.82, 2.24) is 24.6 Å². The molecule has 1 amide bonds. The molecular weight excluding hydrogens is 424 g/mol. The number of sulfone groups is 1. The van der Waals surface area contributed by atoms with Gasteiger partial charge in [0.2, 0.25) is 5.91 Å². The quantitative estimate of drug-likeness (QED) is 0.591. The smallest absolute Gasteiger partial charge is 0.233 e. The Morgan fingerprint density at radius 3 is 2.67 bits per heavy atom. The normalized spacial score (nSPS) is 21.2. The Balaban J connectivity index is 1.26. The Labute approximate surface area is 180 Å². The third-order valence-electron chi connectivity index (χ3n) is 5.65. The van der Waals surface area contributed by atoms with Crippen molar-refractivity contribution in [2.45, 2.75) is 18.0 Å². The lowest BCUT2D eigenvalue weighted by atomic mass is 10.1. The van der Waals surface area contributed by atoms with Gasteiger partial charge in [-0.05, 0) is 24.5 Å². The first-order valence-corrected chi connectivity index (χ1v) is 12.9. The van der Waals surface area contributed by atoms with Crippen LogP contribution in [0.1, 0.15) is 12.2 Å². The van der Waals surface area contributed by atoms with Crippen LogP contribution in [0, 0.1) is 5.92 Å². The van der Waals surface area contributed by atoms with Crippen LogP contribution in [0.2, 0.25) is 0 Å². The van der Waals surface area contributed by atoms with Crippen molar-refractivity contribution in [1.29, 1.82) is 0 Å². The van der Waals surface area contributed by atoms with Crippen LogP contribution < -0.4 is 4.90 Å². The second-order valence-corrected chi connectivity index (χ2v) is 10.9. The summed E-state index contributed by atoms with van der Waals surface area (Å²) >= 11 is 1.38. The average molecular weight is 451 g/mol. The molecule has 2 aromatic heterocycles. The highest BCUT2D eigenvalue weighted by Crippen LogP contribution is 2.24. The second-order valence-electron chi connectivity index (χ2n) is 7.78. The van der Waals surface area contributed by atoms with E-state index in [-0.39, 0.29) is 23.3 Å². The van der Waals surface area contributed by atoms with Gasteiger partial charge in [-0.15, -0.1) is 10.2 Å². The number of hydrogen-bond donors (Lipinski definition) is 0. The molecule has 2 fully saturated rings. The molecule has 2 aliphatic rings. The van der Waals surface area contributed by atoms with E-state index < -0.39 is 9.84 Å². The molecule has 4 rings (SSSR count). The zero-order valence-electron chi connectivity index (χ0n) is 17.0. The Kier molecular flexibility index (Phi) is 6.28. The maximum atomic E-state index is 12.6. The fraction of sp³-hybridized carbons (Fsp3) is 0.579. The van der Waals surface area contributed by atoms with Crippen molar-refractivity contribution in [2.75, 3.05) is 48.3 Å². The van der Waals surface area contributed by atoms with Crippen LogP contribution >= 0.6 is 11.8 Å². The molecule has 0 aliphatic carbocycles. The predicted octanol–water partition coefficient (Wildman–Crippen LogP) is 0.628. The molecule has 0 radical (unpaired) electrons. The highest BCUT2D eigenvalue weighted by atomic mass is 32.2. The monoisotopic (exact) mass is 450 g/mol. The minimum Gasteiger partial charge on any atom is -0.353 e. The summed E-state index contributed by atoms with van der Waals surface area (Å²) in [7, 11) is -1.03. The molecule has 2 saturated heterocycles. The summed E-state index contributed by atoms with van der Waals surface area (Å²) in [5.41, 5.74) is 0. The minimum absolute atomic E-state index is 0.0899. The molecule has 2 aliphatic heterocycles. The number of nitrogens with zero attached hydrogens (tertiary/aromatic N) is 6. The summed E-state index contributed by atoms with van der Waals surface area (Å²) in [6.07, 6.45) is 3.07. The Morgan fingerprint density at radius 1 is 1.20 bits per heavy atom. The molecule has 0 saturated carbocycles. The van der Waals surface area contributed by atoms with Crippen LogP contribution in [0.25, 0.3) is 0 Å². The number of thioether (sulfide) groups is 1. The van der Waals surface area contributed by atoms with Crippen molar-refractivity contribution in [3.8, 4) is 0 Å². The Morgan fingerprint density at radius 2 is 2.00 bits per heavy atom. The highest BCUT2D eigenvalue weighted by Gasteiger charge is 2.29. The van der Waals surface area contributed by atoms with Crippen LogP contribution in [-0.2, 0) is 28.1 Å². The lowest BCUT2D eigenvalue weighted by molar-refractivity contribution is -0.128. The number of carbonyl (C=O) groups is 1. The third kappa shape index (κ3) is 4.94. The van der Waals surface area contributed by atoms with Gasteiger partial charge in [0.1, 0.15) is 11.6 Å². The maximum Gasteiger partial charge on any atom is 0.233 e. The number of hydrogen-bond acceptors (Lipinski definition) is 8.